The van der Waals surface area contributed by atoms with Gasteiger partial charge in [0.05, 0.1) is 17.7 Å². The van der Waals surface area contributed by atoms with E-state index in [0.29, 0.717) is 17.5 Å². The molecule has 0 spiro atoms. The van der Waals surface area contributed by atoms with Crippen LogP contribution in [0.3, 0.4) is 0 Å². The number of primary amides is 2. The highest BCUT2D eigenvalue weighted by Gasteiger charge is 2.27. The number of anilines is 1. The molecule has 0 aliphatic rings. The minimum absolute atomic E-state index is 0.0299. The van der Waals surface area contributed by atoms with Gasteiger partial charge in [0.15, 0.2) is 5.78 Å². The predicted molar refractivity (Wildman–Crippen MR) is 124 cm³/mol. The maximum Gasteiger partial charge on any atom is 0.235 e. The molecule has 170 valence electrons. The maximum atomic E-state index is 12.3. The number of carbonyl (C=O) groups is 3. The van der Waals surface area contributed by atoms with Crippen LogP contribution in [0, 0.1) is 22.7 Å². The first-order chi connectivity index (χ1) is 15.7. The Morgan fingerprint density at radius 3 is 2.24 bits per heavy atom. The minimum atomic E-state index is -0.807. The molecule has 0 fully saturated rings. The van der Waals surface area contributed by atoms with Crippen LogP contribution in [0.15, 0.2) is 35.4 Å². The smallest absolute Gasteiger partial charge is 0.235 e. The SMILES string of the molecule is CCc1c(C#N)c(SC(C(N)=O)c2ccccc2)nc(N(C)CC(=O)CCC(N)=O)c1C#N. The average Bonchev–Trinajstić information content (AvgIpc) is 2.80. The third-order valence-electron chi connectivity index (χ3n) is 4.84. The highest BCUT2D eigenvalue weighted by atomic mass is 32.2. The number of amides is 2. The van der Waals surface area contributed by atoms with E-state index in [1.54, 1.807) is 38.2 Å². The predicted octanol–water partition coefficient (Wildman–Crippen LogP) is 1.98. The van der Waals surface area contributed by atoms with Crippen LogP contribution in [0.4, 0.5) is 5.82 Å². The van der Waals surface area contributed by atoms with Gasteiger partial charge >= 0.3 is 0 Å². The Morgan fingerprint density at radius 1 is 1.09 bits per heavy atom. The van der Waals surface area contributed by atoms with E-state index in [9.17, 15) is 24.9 Å². The van der Waals surface area contributed by atoms with Gasteiger partial charge in [-0.25, -0.2) is 4.98 Å². The summed E-state index contributed by atoms with van der Waals surface area (Å²) in [7, 11) is 1.59. The maximum absolute atomic E-state index is 12.3. The lowest BCUT2D eigenvalue weighted by Gasteiger charge is -2.23. The molecule has 1 atom stereocenters. The number of pyridine rings is 1. The van der Waals surface area contributed by atoms with E-state index in [-0.39, 0.29) is 47.1 Å². The second-order valence-corrected chi connectivity index (χ2v) is 8.31. The third-order valence-corrected chi connectivity index (χ3v) is 6.10. The fraction of sp³-hybridized carbons (Fsp3) is 0.304. The van der Waals surface area contributed by atoms with Crippen molar-refractivity contribution in [2.45, 2.75) is 36.5 Å². The number of benzene rings is 1. The Kier molecular flexibility index (Phi) is 8.96. The fourth-order valence-electron chi connectivity index (χ4n) is 3.26. The molecule has 10 heteroatoms. The van der Waals surface area contributed by atoms with Crippen LogP contribution in [0.2, 0.25) is 0 Å². The standard InChI is InChI=1S/C23H24N6O3S/c1-3-16-17(11-24)22(29(2)13-15(30)9-10-19(26)31)28-23(18(16)12-25)33-20(21(27)32)14-7-5-4-6-8-14/h4-8,20H,3,9-10,13H2,1-2H3,(H2,26,31)(H2,27,32). The molecule has 1 unspecified atom stereocenters. The van der Waals surface area contributed by atoms with Gasteiger partial charge in [0.1, 0.15) is 28.2 Å². The number of nitriles is 2. The molecule has 0 aliphatic carbocycles. The molecule has 1 aromatic heterocycles. The van der Waals surface area contributed by atoms with E-state index >= 15 is 0 Å². The lowest BCUT2D eigenvalue weighted by atomic mass is 10.0. The molecule has 0 saturated carbocycles. The summed E-state index contributed by atoms with van der Waals surface area (Å²) in [6.45, 7) is 1.70. The first kappa shape index (κ1) is 25.4. The van der Waals surface area contributed by atoms with Gasteiger partial charge in [-0.05, 0) is 17.5 Å². The second-order valence-electron chi connectivity index (χ2n) is 7.22. The number of Topliss-reactive ketones (excluding diaryl/α,β-unsaturated/α-hetero) is 1. The lowest BCUT2D eigenvalue weighted by Crippen LogP contribution is -2.28. The largest absolute Gasteiger partial charge is 0.370 e. The summed E-state index contributed by atoms with van der Waals surface area (Å²) in [4.78, 5) is 41.5. The van der Waals surface area contributed by atoms with E-state index in [1.807, 2.05) is 6.07 Å². The van der Waals surface area contributed by atoms with Gasteiger partial charge in [-0.15, -0.1) is 0 Å². The van der Waals surface area contributed by atoms with Crippen LogP contribution >= 0.6 is 11.8 Å². The van der Waals surface area contributed by atoms with Gasteiger partial charge in [0, 0.05) is 19.9 Å². The van der Waals surface area contributed by atoms with Gasteiger partial charge in [-0.1, -0.05) is 49.0 Å². The molecular weight excluding hydrogens is 440 g/mol. The van der Waals surface area contributed by atoms with Crippen LogP contribution in [-0.2, 0) is 20.8 Å². The monoisotopic (exact) mass is 464 g/mol. The highest BCUT2D eigenvalue weighted by Crippen LogP contribution is 2.39. The van der Waals surface area contributed by atoms with Crippen molar-refractivity contribution >= 4 is 35.2 Å². The number of likely N-dealkylation sites (N-methyl/N-ethyl adjacent to an activating group) is 1. The molecule has 0 saturated heterocycles. The zero-order chi connectivity index (χ0) is 24.5. The van der Waals surface area contributed by atoms with Crippen LogP contribution in [0.5, 0.6) is 0 Å². The molecule has 2 rings (SSSR count). The number of nitrogens with two attached hydrogens (primary N) is 2. The average molecular weight is 465 g/mol. The van der Waals surface area contributed by atoms with Crippen molar-refractivity contribution in [3.8, 4) is 12.1 Å². The Hall–Kier alpha value is -3.89. The van der Waals surface area contributed by atoms with Gasteiger partial charge in [0.25, 0.3) is 0 Å². The van der Waals surface area contributed by atoms with Crippen molar-refractivity contribution in [2.24, 2.45) is 11.5 Å². The molecule has 0 radical (unpaired) electrons. The van der Waals surface area contributed by atoms with E-state index in [1.165, 1.54) is 4.90 Å². The number of nitrogens with zero attached hydrogens (tertiary/aromatic N) is 4. The summed E-state index contributed by atoms with van der Waals surface area (Å²) >= 11 is 1.02. The molecule has 33 heavy (non-hydrogen) atoms. The Bertz CT molecular complexity index is 1140. The van der Waals surface area contributed by atoms with Gasteiger partial charge < -0.3 is 16.4 Å². The molecule has 0 bridgehead atoms. The van der Waals surface area contributed by atoms with Gasteiger partial charge in [-0.3, -0.25) is 14.4 Å². The molecule has 2 amide bonds. The van der Waals surface area contributed by atoms with Crippen molar-refractivity contribution in [3.05, 3.63) is 52.6 Å². The Balaban J connectivity index is 2.54. The third kappa shape index (κ3) is 6.31. The van der Waals surface area contributed by atoms with Crippen molar-refractivity contribution < 1.29 is 14.4 Å². The number of hydrogen-bond acceptors (Lipinski definition) is 8. The fourth-order valence-corrected chi connectivity index (χ4v) is 4.31. The quantitative estimate of drug-likeness (QED) is 0.476. The van der Waals surface area contributed by atoms with Crippen molar-refractivity contribution in [1.29, 1.82) is 10.5 Å². The van der Waals surface area contributed by atoms with E-state index in [0.717, 1.165) is 11.8 Å². The molecular formula is C23H24N6O3S. The van der Waals surface area contributed by atoms with Gasteiger partial charge in [-0.2, -0.15) is 10.5 Å². The molecule has 9 nitrogen and oxygen atoms in total. The molecule has 1 aromatic carbocycles. The zero-order valence-electron chi connectivity index (χ0n) is 18.4. The van der Waals surface area contributed by atoms with Crippen LogP contribution in [0.25, 0.3) is 0 Å². The number of aromatic nitrogens is 1. The summed E-state index contributed by atoms with van der Waals surface area (Å²) < 4.78 is 0. The molecule has 0 aliphatic heterocycles. The van der Waals surface area contributed by atoms with Crippen LogP contribution < -0.4 is 16.4 Å². The molecule has 1 heterocycles. The Morgan fingerprint density at radius 2 is 1.73 bits per heavy atom. The number of thioether (sulfide) groups is 1. The molecule has 2 aromatic rings. The van der Waals surface area contributed by atoms with Crippen molar-refractivity contribution in [3.63, 3.8) is 0 Å². The Labute approximate surface area is 196 Å². The van der Waals surface area contributed by atoms with Crippen LogP contribution in [-0.4, -0.2) is 36.2 Å². The number of ketones is 1. The first-order valence-corrected chi connectivity index (χ1v) is 11.0. The summed E-state index contributed by atoms with van der Waals surface area (Å²) in [5, 5.41) is 19.1. The first-order valence-electron chi connectivity index (χ1n) is 10.1. The summed E-state index contributed by atoms with van der Waals surface area (Å²) in [6, 6.07) is 13.1. The number of rotatable bonds is 11. The summed E-state index contributed by atoms with van der Waals surface area (Å²) in [6.07, 6.45) is 0.264. The number of hydrogen-bond donors (Lipinski definition) is 2. The van der Waals surface area contributed by atoms with E-state index in [2.05, 4.69) is 17.1 Å². The zero-order valence-corrected chi connectivity index (χ0v) is 19.2. The summed E-state index contributed by atoms with van der Waals surface area (Å²) in [5.41, 5.74) is 12.2. The number of carbonyl (C=O) groups excluding carboxylic acids is 3. The van der Waals surface area contributed by atoms with E-state index < -0.39 is 17.1 Å². The van der Waals surface area contributed by atoms with E-state index in [4.69, 9.17) is 11.5 Å². The second kappa shape index (κ2) is 11.7. The topological polar surface area (TPSA) is 167 Å². The molecule has 4 N–H and O–H groups in total. The minimum Gasteiger partial charge on any atom is -0.370 e. The highest BCUT2D eigenvalue weighted by molar-refractivity contribution is 8.00. The van der Waals surface area contributed by atoms with Gasteiger partial charge in [0.2, 0.25) is 11.8 Å². The normalized spacial score (nSPS) is 11.2. The summed E-state index contributed by atoms with van der Waals surface area (Å²) in [5.74, 6) is -1.22. The van der Waals surface area contributed by atoms with Crippen LogP contribution in [0.1, 0.15) is 47.3 Å². The van der Waals surface area contributed by atoms with Crippen molar-refractivity contribution in [1.82, 2.24) is 4.98 Å². The lowest BCUT2D eigenvalue weighted by molar-refractivity contribution is -0.123. The van der Waals surface area contributed by atoms with Crippen molar-refractivity contribution in [2.75, 3.05) is 18.5 Å².